The molecule has 0 aliphatic carbocycles. The Bertz CT molecular complexity index is 354. The quantitative estimate of drug-likeness (QED) is 0.910. The van der Waals surface area contributed by atoms with Gasteiger partial charge in [0.15, 0.2) is 17.7 Å². The maximum absolute atomic E-state index is 13.1. The molecule has 0 aliphatic rings. The fraction of sp³-hybridized carbons (Fsp3) is 0.222. The predicted octanol–water partition coefficient (Wildman–Crippen LogP) is 2.44. The summed E-state index contributed by atoms with van der Waals surface area (Å²) < 4.78 is 18.6. The van der Waals surface area contributed by atoms with E-state index in [1.165, 1.54) is 19.1 Å². The Balaban J connectivity index is 2.82. The molecule has 0 fully saturated rings. The van der Waals surface area contributed by atoms with E-state index in [0.717, 1.165) is 0 Å². The average Bonchev–Trinajstić information content (AvgIpc) is 2.09. The molecule has 0 unspecified atom stereocenters. The highest BCUT2D eigenvalue weighted by Crippen LogP contribution is 2.22. The lowest BCUT2D eigenvalue weighted by Crippen LogP contribution is -2.23. The van der Waals surface area contributed by atoms with Crippen LogP contribution in [0.2, 0.25) is 0 Å². The monoisotopic (exact) mass is 262 g/mol. The second-order valence-corrected chi connectivity index (χ2v) is 3.59. The molecular formula is C9H8BrFO3. The number of ether oxygens (including phenoxy) is 1. The van der Waals surface area contributed by atoms with Gasteiger partial charge in [-0.25, -0.2) is 9.18 Å². The fourth-order valence-electron chi connectivity index (χ4n) is 0.812. The lowest BCUT2D eigenvalue weighted by Gasteiger charge is -2.10. The first-order chi connectivity index (χ1) is 6.50. The molecule has 76 valence electrons. The topological polar surface area (TPSA) is 46.5 Å². The molecule has 0 spiro atoms. The first-order valence-electron chi connectivity index (χ1n) is 3.85. The van der Waals surface area contributed by atoms with E-state index < -0.39 is 17.9 Å². The van der Waals surface area contributed by atoms with E-state index in [-0.39, 0.29) is 5.75 Å². The number of carboxylic acids is 1. The van der Waals surface area contributed by atoms with Gasteiger partial charge in [0.2, 0.25) is 0 Å². The molecule has 0 radical (unpaired) electrons. The van der Waals surface area contributed by atoms with Gasteiger partial charge in [-0.3, -0.25) is 0 Å². The maximum Gasteiger partial charge on any atom is 0.344 e. The normalized spacial score (nSPS) is 12.2. The second kappa shape index (κ2) is 4.41. The number of benzene rings is 1. The second-order valence-electron chi connectivity index (χ2n) is 2.67. The van der Waals surface area contributed by atoms with Crippen LogP contribution in [0.5, 0.6) is 5.75 Å². The van der Waals surface area contributed by atoms with Crippen molar-refractivity contribution in [3.63, 3.8) is 0 Å². The van der Waals surface area contributed by atoms with Gasteiger partial charge < -0.3 is 9.84 Å². The molecule has 5 heteroatoms. The summed E-state index contributed by atoms with van der Waals surface area (Å²) in [5, 5.41) is 8.53. The molecule has 0 saturated heterocycles. The minimum Gasteiger partial charge on any atom is -0.479 e. The number of carboxylic acid groups (broad SMARTS) is 1. The minimum atomic E-state index is -1.13. The van der Waals surface area contributed by atoms with Crippen molar-refractivity contribution in [2.75, 3.05) is 0 Å². The summed E-state index contributed by atoms with van der Waals surface area (Å²) in [4.78, 5) is 10.4. The van der Waals surface area contributed by atoms with Crippen LogP contribution in [0, 0.1) is 5.82 Å². The lowest BCUT2D eigenvalue weighted by molar-refractivity contribution is -0.144. The Morgan fingerprint density at radius 1 is 1.64 bits per heavy atom. The zero-order chi connectivity index (χ0) is 10.7. The third kappa shape index (κ3) is 2.70. The average molecular weight is 263 g/mol. The van der Waals surface area contributed by atoms with Crippen molar-refractivity contribution in [1.29, 1.82) is 0 Å². The number of aliphatic carboxylic acids is 1. The zero-order valence-corrected chi connectivity index (χ0v) is 8.92. The van der Waals surface area contributed by atoms with E-state index in [0.29, 0.717) is 4.47 Å². The molecule has 0 saturated carbocycles. The Morgan fingerprint density at radius 2 is 2.29 bits per heavy atom. The van der Waals surface area contributed by atoms with E-state index in [1.807, 2.05) is 0 Å². The van der Waals surface area contributed by atoms with Crippen LogP contribution in [0.15, 0.2) is 22.7 Å². The molecule has 1 rings (SSSR count). The van der Waals surface area contributed by atoms with Crippen molar-refractivity contribution < 1.29 is 19.0 Å². The standard InChI is InChI=1S/C9H8BrFO3/c1-5(9(12)13)14-8-3-2-6(10)4-7(8)11/h2-5H,1H3,(H,12,13)/t5-/m0/s1. The molecule has 0 aliphatic heterocycles. The Labute approximate surface area is 88.6 Å². The zero-order valence-electron chi connectivity index (χ0n) is 7.33. The Hall–Kier alpha value is -1.10. The summed E-state index contributed by atoms with van der Waals surface area (Å²) in [7, 11) is 0. The van der Waals surface area contributed by atoms with Gasteiger partial charge in [-0.2, -0.15) is 0 Å². The summed E-state index contributed by atoms with van der Waals surface area (Å²) >= 11 is 3.08. The van der Waals surface area contributed by atoms with Gasteiger partial charge in [0, 0.05) is 4.47 Å². The molecule has 3 nitrogen and oxygen atoms in total. The summed E-state index contributed by atoms with van der Waals surface area (Å²) in [6.45, 7) is 1.34. The highest BCUT2D eigenvalue weighted by atomic mass is 79.9. The summed E-state index contributed by atoms with van der Waals surface area (Å²) in [5.41, 5.74) is 0. The molecule has 1 N–H and O–H groups in total. The van der Waals surface area contributed by atoms with Crippen LogP contribution in [0.25, 0.3) is 0 Å². The first-order valence-corrected chi connectivity index (χ1v) is 4.64. The van der Waals surface area contributed by atoms with Crippen molar-refractivity contribution in [2.45, 2.75) is 13.0 Å². The number of rotatable bonds is 3. The highest BCUT2D eigenvalue weighted by molar-refractivity contribution is 9.10. The third-order valence-corrected chi connectivity index (χ3v) is 2.04. The van der Waals surface area contributed by atoms with E-state index in [1.54, 1.807) is 6.07 Å². The van der Waals surface area contributed by atoms with Crippen molar-refractivity contribution in [3.8, 4) is 5.75 Å². The van der Waals surface area contributed by atoms with E-state index in [2.05, 4.69) is 15.9 Å². The summed E-state index contributed by atoms with van der Waals surface area (Å²) in [5.74, 6) is -1.79. The molecule has 14 heavy (non-hydrogen) atoms. The number of carbonyl (C=O) groups is 1. The fourth-order valence-corrected chi connectivity index (χ4v) is 1.14. The van der Waals surface area contributed by atoms with Gasteiger partial charge >= 0.3 is 5.97 Å². The third-order valence-electron chi connectivity index (χ3n) is 1.55. The molecule has 1 aromatic rings. The minimum absolute atomic E-state index is 0.0666. The largest absolute Gasteiger partial charge is 0.479 e. The molecule has 0 bridgehead atoms. The van der Waals surface area contributed by atoms with Crippen LogP contribution in [0.4, 0.5) is 4.39 Å². The van der Waals surface area contributed by atoms with Crippen LogP contribution >= 0.6 is 15.9 Å². The number of hydrogen-bond donors (Lipinski definition) is 1. The molecular weight excluding hydrogens is 255 g/mol. The van der Waals surface area contributed by atoms with Crippen LogP contribution in [0.3, 0.4) is 0 Å². The van der Waals surface area contributed by atoms with Crippen LogP contribution in [-0.4, -0.2) is 17.2 Å². The van der Waals surface area contributed by atoms with Crippen molar-refractivity contribution in [2.24, 2.45) is 0 Å². The summed E-state index contributed by atoms with van der Waals surface area (Å²) in [6.07, 6.45) is -1.06. The smallest absolute Gasteiger partial charge is 0.344 e. The number of hydrogen-bond acceptors (Lipinski definition) is 2. The lowest BCUT2D eigenvalue weighted by atomic mass is 10.3. The van der Waals surface area contributed by atoms with Crippen LogP contribution in [-0.2, 0) is 4.79 Å². The SMILES string of the molecule is C[C@H](Oc1ccc(Br)cc1F)C(=O)O. The van der Waals surface area contributed by atoms with Gasteiger partial charge in [-0.1, -0.05) is 15.9 Å². The van der Waals surface area contributed by atoms with Gasteiger partial charge in [-0.15, -0.1) is 0 Å². The van der Waals surface area contributed by atoms with Crippen molar-refractivity contribution in [1.82, 2.24) is 0 Å². The molecule has 1 atom stereocenters. The van der Waals surface area contributed by atoms with Crippen molar-refractivity contribution in [3.05, 3.63) is 28.5 Å². The van der Waals surface area contributed by atoms with Gasteiger partial charge in [0.25, 0.3) is 0 Å². The van der Waals surface area contributed by atoms with E-state index in [9.17, 15) is 9.18 Å². The van der Waals surface area contributed by atoms with E-state index in [4.69, 9.17) is 9.84 Å². The molecule has 0 amide bonds. The van der Waals surface area contributed by atoms with Crippen LogP contribution in [0.1, 0.15) is 6.92 Å². The molecule has 0 aromatic heterocycles. The molecule has 0 heterocycles. The Morgan fingerprint density at radius 3 is 2.79 bits per heavy atom. The molecule has 1 aromatic carbocycles. The maximum atomic E-state index is 13.1. The predicted molar refractivity (Wildman–Crippen MR) is 51.8 cm³/mol. The van der Waals surface area contributed by atoms with Gasteiger partial charge in [0.05, 0.1) is 0 Å². The van der Waals surface area contributed by atoms with Crippen LogP contribution < -0.4 is 4.74 Å². The van der Waals surface area contributed by atoms with Crippen molar-refractivity contribution >= 4 is 21.9 Å². The van der Waals surface area contributed by atoms with Gasteiger partial charge in [-0.05, 0) is 25.1 Å². The first kappa shape index (κ1) is 11.0. The van der Waals surface area contributed by atoms with E-state index >= 15 is 0 Å². The summed E-state index contributed by atoms with van der Waals surface area (Å²) in [6, 6.07) is 4.16. The Kier molecular flexibility index (Phi) is 3.46. The number of halogens is 2. The highest BCUT2D eigenvalue weighted by Gasteiger charge is 2.14. The van der Waals surface area contributed by atoms with Gasteiger partial charge in [0.1, 0.15) is 0 Å².